The van der Waals surface area contributed by atoms with Crippen LogP contribution in [-0.2, 0) is 19.7 Å². The normalized spacial score (nSPS) is 13.1. The molecule has 2 aromatic heterocycles. The Labute approximate surface area is 111 Å². The predicted molar refractivity (Wildman–Crippen MR) is 64.7 cm³/mol. The Balaban J connectivity index is 3.01. The summed E-state index contributed by atoms with van der Waals surface area (Å²) in [6.07, 6.45) is 3.12. The van der Waals surface area contributed by atoms with Crippen LogP contribution in [-0.4, -0.2) is 48.9 Å². The molecule has 0 fully saturated rings. The molecular weight excluding hydrogens is 348 g/mol. The van der Waals surface area contributed by atoms with Crippen molar-refractivity contribution in [2.45, 2.75) is 10.2 Å². The first kappa shape index (κ1) is 13.4. The Kier molecular flexibility index (Phi) is 2.94. The van der Waals surface area contributed by atoms with E-state index in [4.69, 9.17) is 0 Å². The fourth-order valence-electron chi connectivity index (χ4n) is 1.22. The molecule has 0 aliphatic heterocycles. The van der Waals surface area contributed by atoms with Crippen LogP contribution in [0, 0.1) is 0 Å². The Morgan fingerprint density at radius 3 is 2.28 bits per heavy atom. The molecule has 0 amide bonds. The second kappa shape index (κ2) is 3.96. The fraction of sp³-hybridized carbons (Fsp3) is 0.286. The number of hydrogen-bond donors (Lipinski definition) is 0. The van der Waals surface area contributed by atoms with Crippen LogP contribution in [0.25, 0.3) is 5.65 Å². The molecule has 8 nitrogen and oxygen atoms in total. The minimum atomic E-state index is -3.73. The molecule has 0 bridgehead atoms. The summed E-state index contributed by atoms with van der Waals surface area (Å²) in [7, 11) is -7.45. The van der Waals surface area contributed by atoms with Gasteiger partial charge in [-0.1, -0.05) is 0 Å². The summed E-state index contributed by atoms with van der Waals surface area (Å²) >= 11 is 3.09. The molecule has 0 unspecified atom stereocenters. The molecule has 0 saturated carbocycles. The van der Waals surface area contributed by atoms with E-state index in [-0.39, 0.29) is 5.65 Å². The zero-order valence-electron chi connectivity index (χ0n) is 9.19. The smallest absolute Gasteiger partial charge is 0.232 e. The Morgan fingerprint density at radius 2 is 1.78 bits per heavy atom. The van der Waals surface area contributed by atoms with E-state index in [1.807, 2.05) is 0 Å². The Hall–Kier alpha value is -1.07. The van der Waals surface area contributed by atoms with Crippen LogP contribution >= 0.6 is 15.9 Å². The van der Waals surface area contributed by atoms with Gasteiger partial charge in [0.1, 0.15) is 4.60 Å². The molecule has 0 spiro atoms. The second-order valence-corrected chi connectivity index (χ2v) is 8.21. The van der Waals surface area contributed by atoms with E-state index >= 15 is 0 Å². The topological polar surface area (TPSA) is 111 Å². The molecule has 0 saturated heterocycles. The van der Waals surface area contributed by atoms with Crippen LogP contribution in [0.5, 0.6) is 0 Å². The van der Waals surface area contributed by atoms with Gasteiger partial charge < -0.3 is 0 Å². The third kappa shape index (κ3) is 2.24. The van der Waals surface area contributed by atoms with Crippen LogP contribution in [0.15, 0.2) is 21.0 Å². The first-order valence-corrected chi connectivity index (χ1v) is 8.99. The summed E-state index contributed by atoms with van der Waals surface area (Å²) in [5.41, 5.74) is -0.0308. The van der Waals surface area contributed by atoms with Crippen molar-refractivity contribution in [3.63, 3.8) is 0 Å². The van der Waals surface area contributed by atoms with E-state index in [1.165, 1.54) is 6.20 Å². The maximum absolute atomic E-state index is 11.6. The highest BCUT2D eigenvalue weighted by molar-refractivity contribution is 9.10. The van der Waals surface area contributed by atoms with Crippen molar-refractivity contribution < 1.29 is 16.8 Å². The summed E-state index contributed by atoms with van der Waals surface area (Å²) in [6.45, 7) is 0. The van der Waals surface area contributed by atoms with Crippen molar-refractivity contribution in [3.05, 3.63) is 10.8 Å². The van der Waals surface area contributed by atoms with E-state index in [1.54, 1.807) is 0 Å². The molecule has 2 rings (SSSR count). The number of aromatic nitrogens is 4. The van der Waals surface area contributed by atoms with E-state index in [9.17, 15) is 16.8 Å². The van der Waals surface area contributed by atoms with Crippen LogP contribution < -0.4 is 0 Å². The van der Waals surface area contributed by atoms with Gasteiger partial charge in [-0.25, -0.2) is 31.3 Å². The monoisotopic (exact) mass is 354 g/mol. The lowest BCUT2D eigenvalue weighted by molar-refractivity contribution is 0.576. The minimum absolute atomic E-state index is 0.0308. The number of hydrogen-bond acceptors (Lipinski definition) is 7. The van der Waals surface area contributed by atoms with Gasteiger partial charge in [0.05, 0.1) is 6.20 Å². The highest BCUT2D eigenvalue weighted by Crippen LogP contribution is 2.19. The molecule has 98 valence electrons. The van der Waals surface area contributed by atoms with E-state index < -0.39 is 29.9 Å². The molecule has 0 aliphatic carbocycles. The van der Waals surface area contributed by atoms with Gasteiger partial charge in [-0.3, -0.25) is 0 Å². The maximum atomic E-state index is 11.6. The SMILES string of the molecule is CS(=O)(=O)c1nc(S(C)(=O)=O)c2ncc(Br)n2n1. The summed E-state index contributed by atoms with van der Waals surface area (Å²) in [6, 6.07) is 0. The number of fused-ring (bicyclic) bond motifs is 1. The minimum Gasteiger partial charge on any atom is -0.232 e. The quantitative estimate of drug-likeness (QED) is 0.727. The third-order valence-electron chi connectivity index (χ3n) is 1.95. The predicted octanol–water partition coefficient (Wildman–Crippen LogP) is -0.306. The van der Waals surface area contributed by atoms with Crippen LogP contribution in [0.3, 0.4) is 0 Å². The van der Waals surface area contributed by atoms with E-state index in [0.717, 1.165) is 17.0 Å². The van der Waals surface area contributed by atoms with Crippen molar-refractivity contribution >= 4 is 41.3 Å². The Morgan fingerprint density at radius 1 is 1.17 bits per heavy atom. The van der Waals surface area contributed by atoms with Gasteiger partial charge in [-0.15, -0.1) is 5.10 Å². The lowest BCUT2D eigenvalue weighted by Crippen LogP contribution is -2.14. The molecule has 2 aromatic rings. The third-order valence-corrected chi connectivity index (χ3v) is 4.31. The van der Waals surface area contributed by atoms with Crippen molar-refractivity contribution in [2.75, 3.05) is 12.5 Å². The number of rotatable bonds is 2. The molecule has 2 heterocycles. The molecule has 18 heavy (non-hydrogen) atoms. The Bertz CT molecular complexity index is 840. The fourth-order valence-corrected chi connectivity index (χ4v) is 2.83. The molecule has 0 aromatic carbocycles. The summed E-state index contributed by atoms with van der Waals surface area (Å²) in [4.78, 5) is 7.39. The van der Waals surface area contributed by atoms with Gasteiger partial charge in [0.15, 0.2) is 15.5 Å². The van der Waals surface area contributed by atoms with Crippen molar-refractivity contribution in [1.29, 1.82) is 0 Å². The number of imidazole rings is 1. The van der Waals surface area contributed by atoms with Crippen LogP contribution in [0.4, 0.5) is 0 Å². The van der Waals surface area contributed by atoms with Gasteiger partial charge >= 0.3 is 0 Å². The zero-order chi connectivity index (χ0) is 13.7. The van der Waals surface area contributed by atoms with Gasteiger partial charge in [-0.05, 0) is 15.9 Å². The van der Waals surface area contributed by atoms with Gasteiger partial charge in [-0.2, -0.15) is 0 Å². The molecule has 11 heteroatoms. The second-order valence-electron chi connectivity index (χ2n) is 3.56. The molecule has 0 radical (unpaired) electrons. The number of nitrogens with zero attached hydrogens (tertiary/aromatic N) is 4. The maximum Gasteiger partial charge on any atom is 0.266 e. The van der Waals surface area contributed by atoms with Gasteiger partial charge in [0.2, 0.25) is 14.9 Å². The lowest BCUT2D eigenvalue weighted by atomic mass is 10.8. The van der Waals surface area contributed by atoms with Gasteiger partial charge in [0.25, 0.3) is 5.16 Å². The van der Waals surface area contributed by atoms with Gasteiger partial charge in [0, 0.05) is 12.5 Å². The average Bonchev–Trinajstić information content (AvgIpc) is 2.56. The van der Waals surface area contributed by atoms with Crippen LogP contribution in [0.2, 0.25) is 0 Å². The first-order valence-electron chi connectivity index (χ1n) is 4.42. The van der Waals surface area contributed by atoms with E-state index in [2.05, 4.69) is 31.0 Å². The first-order chi connectivity index (χ1) is 8.10. The van der Waals surface area contributed by atoms with Crippen molar-refractivity contribution in [2.24, 2.45) is 0 Å². The largest absolute Gasteiger partial charge is 0.266 e. The average molecular weight is 355 g/mol. The summed E-state index contributed by atoms with van der Waals surface area (Å²) in [5.74, 6) is 0. The lowest BCUT2D eigenvalue weighted by Gasteiger charge is -2.03. The highest BCUT2D eigenvalue weighted by atomic mass is 79.9. The number of sulfone groups is 2. The van der Waals surface area contributed by atoms with E-state index in [0.29, 0.717) is 4.60 Å². The molecular formula is C7H7BrN4O4S2. The van der Waals surface area contributed by atoms with Crippen LogP contribution in [0.1, 0.15) is 0 Å². The van der Waals surface area contributed by atoms with Crippen molar-refractivity contribution in [3.8, 4) is 0 Å². The highest BCUT2D eigenvalue weighted by Gasteiger charge is 2.23. The molecule has 0 aliphatic rings. The molecule has 0 N–H and O–H groups in total. The molecule has 0 atom stereocenters. The van der Waals surface area contributed by atoms with Crippen molar-refractivity contribution in [1.82, 2.24) is 19.6 Å². The summed E-state index contributed by atoms with van der Waals surface area (Å²) in [5, 5.41) is 2.72. The summed E-state index contributed by atoms with van der Waals surface area (Å²) < 4.78 is 47.4. The zero-order valence-corrected chi connectivity index (χ0v) is 12.4. The number of halogens is 1. The standard InChI is InChI=1S/C7H7BrN4O4S2/c1-17(13,14)6-5-9-3-4(8)12(5)11-7(10-6)18(2,15)16/h3H,1-2H3.